The molecule has 0 atom stereocenters. The summed E-state index contributed by atoms with van der Waals surface area (Å²) in [5.41, 5.74) is 2.65. The van der Waals surface area contributed by atoms with Gasteiger partial charge in [-0.1, -0.05) is 24.3 Å². The number of halogens is 1. The first-order valence-corrected chi connectivity index (χ1v) is 10.00. The van der Waals surface area contributed by atoms with Gasteiger partial charge in [-0.3, -0.25) is 0 Å². The van der Waals surface area contributed by atoms with Crippen LogP contribution in [0.25, 0.3) is 0 Å². The first-order valence-electron chi connectivity index (χ1n) is 10.00. The van der Waals surface area contributed by atoms with Gasteiger partial charge in [0.1, 0.15) is 0 Å². The molecule has 0 saturated carbocycles. The van der Waals surface area contributed by atoms with Gasteiger partial charge in [-0.2, -0.15) is 0 Å². The lowest BCUT2D eigenvalue weighted by molar-refractivity contribution is 0.167. The van der Waals surface area contributed by atoms with Crippen LogP contribution in [0.2, 0.25) is 0 Å². The van der Waals surface area contributed by atoms with Crippen LogP contribution < -0.4 is 10.6 Å². The standard InChI is InChI=1S/C21H37N5.HI/c1-6-22-21(24-20-11-13-26(14-12-20)17(2)3)23-15-18-9-7-8-10-19(18)16-25(4)5;/h7-10,17,20H,6,11-16H2,1-5H3,(H2,22,23,24);1H. The average molecular weight is 487 g/mol. The summed E-state index contributed by atoms with van der Waals surface area (Å²) >= 11 is 0. The van der Waals surface area contributed by atoms with E-state index in [-0.39, 0.29) is 24.0 Å². The molecule has 1 aromatic rings. The third-order valence-corrected chi connectivity index (χ3v) is 4.96. The van der Waals surface area contributed by atoms with Crippen LogP contribution in [0.1, 0.15) is 44.7 Å². The largest absolute Gasteiger partial charge is 0.357 e. The number of likely N-dealkylation sites (tertiary alicyclic amines) is 1. The van der Waals surface area contributed by atoms with Crippen LogP contribution >= 0.6 is 24.0 Å². The highest BCUT2D eigenvalue weighted by molar-refractivity contribution is 14.0. The normalized spacial score (nSPS) is 16.5. The van der Waals surface area contributed by atoms with E-state index in [1.54, 1.807) is 0 Å². The summed E-state index contributed by atoms with van der Waals surface area (Å²) in [5, 5.41) is 7.06. The molecule has 0 spiro atoms. The van der Waals surface area contributed by atoms with Gasteiger partial charge in [0.2, 0.25) is 0 Å². The zero-order valence-electron chi connectivity index (χ0n) is 17.7. The van der Waals surface area contributed by atoms with Gasteiger partial charge in [0, 0.05) is 38.3 Å². The number of aliphatic imine (C=N–C) groups is 1. The van der Waals surface area contributed by atoms with E-state index in [9.17, 15) is 0 Å². The van der Waals surface area contributed by atoms with Crippen molar-refractivity contribution < 1.29 is 0 Å². The van der Waals surface area contributed by atoms with Gasteiger partial charge >= 0.3 is 0 Å². The molecular weight excluding hydrogens is 449 g/mol. The van der Waals surface area contributed by atoms with Crippen LogP contribution in [-0.4, -0.2) is 61.6 Å². The van der Waals surface area contributed by atoms with Gasteiger partial charge in [0.15, 0.2) is 5.96 Å². The second-order valence-electron chi connectivity index (χ2n) is 7.75. The van der Waals surface area contributed by atoms with E-state index in [4.69, 9.17) is 4.99 Å². The lowest BCUT2D eigenvalue weighted by Crippen LogP contribution is -2.49. The fourth-order valence-electron chi connectivity index (χ4n) is 3.44. The molecule has 2 N–H and O–H groups in total. The van der Waals surface area contributed by atoms with Crippen molar-refractivity contribution in [1.82, 2.24) is 20.4 Å². The van der Waals surface area contributed by atoms with Crippen molar-refractivity contribution in [3.05, 3.63) is 35.4 Å². The molecule has 154 valence electrons. The highest BCUT2D eigenvalue weighted by Crippen LogP contribution is 2.14. The van der Waals surface area contributed by atoms with E-state index < -0.39 is 0 Å². The average Bonchev–Trinajstić information content (AvgIpc) is 2.61. The molecule has 0 bridgehead atoms. The molecule has 0 unspecified atom stereocenters. The second kappa shape index (κ2) is 12.6. The van der Waals surface area contributed by atoms with Crippen molar-refractivity contribution in [1.29, 1.82) is 0 Å². The van der Waals surface area contributed by atoms with Crippen molar-refractivity contribution in [3.63, 3.8) is 0 Å². The molecule has 5 nitrogen and oxygen atoms in total. The number of piperidine rings is 1. The van der Waals surface area contributed by atoms with E-state index in [2.05, 4.69) is 79.6 Å². The zero-order chi connectivity index (χ0) is 18.9. The maximum Gasteiger partial charge on any atom is 0.191 e. The lowest BCUT2D eigenvalue weighted by Gasteiger charge is -2.35. The van der Waals surface area contributed by atoms with E-state index in [1.807, 2.05) is 0 Å². The van der Waals surface area contributed by atoms with Gasteiger partial charge < -0.3 is 20.4 Å². The summed E-state index contributed by atoms with van der Waals surface area (Å²) in [6.07, 6.45) is 2.36. The van der Waals surface area contributed by atoms with Gasteiger partial charge in [0.25, 0.3) is 0 Å². The first-order chi connectivity index (χ1) is 12.5. The van der Waals surface area contributed by atoms with E-state index >= 15 is 0 Å². The Labute approximate surface area is 183 Å². The Morgan fingerprint density at radius 3 is 2.37 bits per heavy atom. The maximum atomic E-state index is 4.86. The molecule has 2 rings (SSSR count). The Balaban J connectivity index is 0.00000364. The van der Waals surface area contributed by atoms with Gasteiger partial charge in [-0.05, 0) is 58.8 Å². The molecule has 1 aliphatic heterocycles. The Kier molecular flexibility index (Phi) is 11.3. The molecule has 1 fully saturated rings. The Morgan fingerprint density at radius 1 is 1.19 bits per heavy atom. The Hall–Kier alpha value is -0.860. The van der Waals surface area contributed by atoms with Crippen LogP contribution in [-0.2, 0) is 13.1 Å². The number of nitrogens with one attached hydrogen (secondary N) is 2. The summed E-state index contributed by atoms with van der Waals surface area (Å²) in [5.74, 6) is 0.940. The number of benzene rings is 1. The fraction of sp³-hybridized carbons (Fsp3) is 0.667. The minimum atomic E-state index is 0. The highest BCUT2D eigenvalue weighted by atomic mass is 127. The molecule has 6 heteroatoms. The quantitative estimate of drug-likeness (QED) is 0.352. The summed E-state index contributed by atoms with van der Waals surface area (Å²) < 4.78 is 0. The van der Waals surface area contributed by atoms with Crippen LogP contribution in [0.15, 0.2) is 29.3 Å². The minimum absolute atomic E-state index is 0. The summed E-state index contributed by atoms with van der Waals surface area (Å²) in [7, 11) is 4.21. The summed E-state index contributed by atoms with van der Waals surface area (Å²) in [6, 6.07) is 9.76. The van der Waals surface area contributed by atoms with Gasteiger partial charge in [0.05, 0.1) is 6.54 Å². The number of guanidine groups is 1. The van der Waals surface area contributed by atoms with Crippen molar-refractivity contribution in [2.75, 3.05) is 33.7 Å². The van der Waals surface area contributed by atoms with Crippen molar-refractivity contribution >= 4 is 29.9 Å². The SMILES string of the molecule is CCNC(=NCc1ccccc1CN(C)C)NC1CCN(C(C)C)CC1.I. The van der Waals surface area contributed by atoms with Gasteiger partial charge in [-0.15, -0.1) is 24.0 Å². The van der Waals surface area contributed by atoms with Crippen molar-refractivity contribution in [2.45, 2.75) is 58.8 Å². The fourth-order valence-corrected chi connectivity index (χ4v) is 3.44. The van der Waals surface area contributed by atoms with Crippen molar-refractivity contribution in [3.8, 4) is 0 Å². The topological polar surface area (TPSA) is 42.9 Å². The molecule has 0 radical (unpaired) electrons. The molecule has 27 heavy (non-hydrogen) atoms. The Bertz CT molecular complexity index is 565. The molecule has 0 amide bonds. The Morgan fingerprint density at radius 2 is 1.81 bits per heavy atom. The minimum Gasteiger partial charge on any atom is -0.357 e. The molecule has 0 aliphatic carbocycles. The monoisotopic (exact) mass is 487 g/mol. The third-order valence-electron chi connectivity index (χ3n) is 4.96. The maximum absolute atomic E-state index is 4.86. The number of nitrogens with zero attached hydrogens (tertiary/aromatic N) is 3. The van der Waals surface area contributed by atoms with E-state index in [0.717, 1.165) is 19.0 Å². The van der Waals surface area contributed by atoms with Crippen LogP contribution in [0.5, 0.6) is 0 Å². The van der Waals surface area contributed by atoms with Gasteiger partial charge in [-0.25, -0.2) is 4.99 Å². The predicted octanol–water partition coefficient (Wildman–Crippen LogP) is 3.29. The molecule has 1 aliphatic rings. The summed E-state index contributed by atoms with van der Waals surface area (Å²) in [4.78, 5) is 9.62. The van der Waals surface area contributed by atoms with Crippen LogP contribution in [0.4, 0.5) is 0 Å². The van der Waals surface area contributed by atoms with E-state index in [0.29, 0.717) is 18.6 Å². The summed E-state index contributed by atoms with van der Waals surface area (Å²) in [6.45, 7) is 11.6. The zero-order valence-corrected chi connectivity index (χ0v) is 20.0. The molecule has 1 saturated heterocycles. The number of hydrogen-bond acceptors (Lipinski definition) is 3. The van der Waals surface area contributed by atoms with Crippen molar-refractivity contribution in [2.24, 2.45) is 4.99 Å². The molecule has 1 aromatic carbocycles. The van der Waals surface area contributed by atoms with Crippen LogP contribution in [0.3, 0.4) is 0 Å². The smallest absolute Gasteiger partial charge is 0.191 e. The van der Waals surface area contributed by atoms with Crippen LogP contribution in [0, 0.1) is 0 Å². The molecule has 1 heterocycles. The predicted molar refractivity (Wildman–Crippen MR) is 127 cm³/mol. The molecular formula is C21H38IN5. The lowest BCUT2D eigenvalue weighted by atomic mass is 10.0. The number of rotatable bonds is 7. The first kappa shape index (κ1) is 24.2. The number of hydrogen-bond donors (Lipinski definition) is 2. The molecule has 0 aromatic heterocycles. The second-order valence-corrected chi connectivity index (χ2v) is 7.75. The highest BCUT2D eigenvalue weighted by Gasteiger charge is 2.21. The van der Waals surface area contributed by atoms with E-state index in [1.165, 1.54) is 37.1 Å². The third kappa shape index (κ3) is 8.35.